The van der Waals surface area contributed by atoms with E-state index in [-0.39, 0.29) is 12.6 Å². The van der Waals surface area contributed by atoms with E-state index >= 15 is 0 Å². The van der Waals surface area contributed by atoms with Crippen LogP contribution in [0, 0.1) is 11.3 Å². The average molecular weight is 137 g/mol. The number of nitrogens with zero attached hydrogens (tertiary/aromatic N) is 1. The number of nitriles is 1. The predicted octanol–water partition coefficient (Wildman–Crippen LogP) is -0.628. The summed E-state index contributed by atoms with van der Waals surface area (Å²) < 4.78 is 0. The summed E-state index contributed by atoms with van der Waals surface area (Å²) in [5.41, 5.74) is 0. The van der Waals surface area contributed by atoms with Crippen LogP contribution < -0.4 is 0 Å². The van der Waals surface area contributed by atoms with Gasteiger partial charge < -0.3 is 0 Å². The minimum absolute atomic E-state index is 0.00424. The van der Waals surface area contributed by atoms with Crippen LogP contribution in [-0.2, 0) is 0 Å². The molecular weight excluding hydrogens is 129 g/mol. The van der Waals surface area contributed by atoms with E-state index in [9.17, 15) is 0 Å². The summed E-state index contributed by atoms with van der Waals surface area (Å²) in [7, 11) is -3.90. The van der Waals surface area contributed by atoms with Gasteiger partial charge in [-0.05, 0) is 0 Å². The molecule has 0 amide bonds. The van der Waals surface area contributed by atoms with Gasteiger partial charge in [-0.1, -0.05) is 0 Å². The standard InChI is InChI=1S/C3H8NO3P/c4-2-1-3-8(5,6)7/h5-8H,1,3H2. The third kappa shape index (κ3) is 5.80. The van der Waals surface area contributed by atoms with E-state index in [0.29, 0.717) is 0 Å². The van der Waals surface area contributed by atoms with Crippen LogP contribution in [0.1, 0.15) is 6.42 Å². The molecule has 0 aliphatic heterocycles. The molecule has 48 valence electrons. The fourth-order valence-corrected chi connectivity index (χ4v) is 0.671. The first-order valence-electron chi connectivity index (χ1n) is 2.10. The van der Waals surface area contributed by atoms with Crippen LogP contribution in [0.25, 0.3) is 0 Å². The van der Waals surface area contributed by atoms with Gasteiger partial charge in [-0.3, -0.25) is 0 Å². The van der Waals surface area contributed by atoms with E-state index in [4.69, 9.17) is 19.9 Å². The molecule has 0 aromatic rings. The summed E-state index contributed by atoms with van der Waals surface area (Å²) >= 11 is 0. The molecule has 0 bridgehead atoms. The quantitative estimate of drug-likeness (QED) is 0.442. The molecule has 0 aliphatic rings. The van der Waals surface area contributed by atoms with Crippen LogP contribution in [0.4, 0.5) is 0 Å². The number of hydrogen-bond acceptors (Lipinski definition) is 4. The molecule has 0 spiro atoms. The second-order valence-corrected chi connectivity index (χ2v) is 3.48. The SMILES string of the molecule is N#CCC[PH](O)(O)O. The van der Waals surface area contributed by atoms with Crippen molar-refractivity contribution >= 4 is 7.94 Å². The Bertz CT molecular complexity index is 102. The van der Waals surface area contributed by atoms with Crippen molar-refractivity contribution < 1.29 is 14.7 Å². The Kier molecular flexibility index (Phi) is 2.88. The first-order chi connectivity index (χ1) is 3.56. The molecule has 0 fully saturated rings. The summed E-state index contributed by atoms with van der Waals surface area (Å²) in [6.07, 6.45) is -0.195. The van der Waals surface area contributed by atoms with Crippen molar-refractivity contribution in [3.05, 3.63) is 0 Å². The van der Waals surface area contributed by atoms with E-state index < -0.39 is 7.94 Å². The van der Waals surface area contributed by atoms with Crippen LogP contribution in [0.2, 0.25) is 0 Å². The zero-order chi connectivity index (χ0) is 6.62. The van der Waals surface area contributed by atoms with Crippen LogP contribution in [0.5, 0.6) is 0 Å². The fourth-order valence-electron chi connectivity index (χ4n) is 0.224. The summed E-state index contributed by atoms with van der Waals surface area (Å²) in [5.74, 6) is 0. The Morgan fingerprint density at radius 1 is 1.38 bits per heavy atom. The van der Waals surface area contributed by atoms with Crippen molar-refractivity contribution in [1.82, 2.24) is 0 Å². The molecule has 4 nitrogen and oxygen atoms in total. The minimum atomic E-state index is -3.90. The monoisotopic (exact) mass is 137 g/mol. The molecule has 0 heterocycles. The van der Waals surface area contributed by atoms with Gasteiger partial charge in [-0.25, -0.2) is 0 Å². The van der Waals surface area contributed by atoms with Gasteiger partial charge >= 0.3 is 46.5 Å². The zero-order valence-corrected chi connectivity index (χ0v) is 5.20. The van der Waals surface area contributed by atoms with Crippen molar-refractivity contribution in [2.75, 3.05) is 6.16 Å². The summed E-state index contributed by atoms with van der Waals surface area (Å²) in [6, 6.07) is 1.68. The van der Waals surface area contributed by atoms with Gasteiger partial charge in [0, 0.05) is 0 Å². The Balaban J connectivity index is 3.28. The molecule has 0 radical (unpaired) electrons. The summed E-state index contributed by atoms with van der Waals surface area (Å²) in [4.78, 5) is 24.7. The van der Waals surface area contributed by atoms with E-state index in [1.807, 2.05) is 0 Å². The average Bonchev–Trinajstić information content (AvgIpc) is 1.59. The van der Waals surface area contributed by atoms with Crippen molar-refractivity contribution in [2.24, 2.45) is 0 Å². The molecule has 0 unspecified atom stereocenters. The first kappa shape index (κ1) is 7.80. The second-order valence-electron chi connectivity index (χ2n) is 1.43. The van der Waals surface area contributed by atoms with Gasteiger partial charge in [-0.15, -0.1) is 0 Å². The van der Waals surface area contributed by atoms with E-state index in [1.54, 1.807) is 6.07 Å². The Morgan fingerprint density at radius 3 is 2.00 bits per heavy atom. The van der Waals surface area contributed by atoms with Crippen LogP contribution >= 0.6 is 7.94 Å². The maximum absolute atomic E-state index is 8.25. The van der Waals surface area contributed by atoms with Crippen LogP contribution in [0.3, 0.4) is 0 Å². The van der Waals surface area contributed by atoms with Crippen molar-refractivity contribution in [3.8, 4) is 6.07 Å². The van der Waals surface area contributed by atoms with Gasteiger partial charge in [0.25, 0.3) is 0 Å². The molecule has 0 aliphatic carbocycles. The predicted molar refractivity (Wildman–Crippen MR) is 30.1 cm³/mol. The third-order valence-electron chi connectivity index (χ3n) is 0.572. The molecule has 0 rings (SSSR count). The van der Waals surface area contributed by atoms with Crippen LogP contribution in [-0.4, -0.2) is 20.8 Å². The van der Waals surface area contributed by atoms with Gasteiger partial charge in [0.15, 0.2) is 0 Å². The van der Waals surface area contributed by atoms with E-state index in [1.165, 1.54) is 0 Å². The van der Waals surface area contributed by atoms with Crippen molar-refractivity contribution in [2.45, 2.75) is 6.42 Å². The molecule has 0 saturated heterocycles. The Morgan fingerprint density at radius 2 is 1.88 bits per heavy atom. The van der Waals surface area contributed by atoms with Gasteiger partial charge in [0.05, 0.1) is 0 Å². The normalized spacial score (nSPS) is 12.8. The maximum atomic E-state index is 8.25. The van der Waals surface area contributed by atoms with Gasteiger partial charge in [0.1, 0.15) is 0 Å². The van der Waals surface area contributed by atoms with Crippen molar-refractivity contribution in [1.29, 1.82) is 5.26 Å². The van der Waals surface area contributed by atoms with E-state index in [2.05, 4.69) is 0 Å². The number of hydrogen-bond donors (Lipinski definition) is 3. The molecule has 3 N–H and O–H groups in total. The summed E-state index contributed by atoms with van der Waals surface area (Å²) in [6.45, 7) is 0. The Labute approximate surface area is 47.6 Å². The topological polar surface area (TPSA) is 84.5 Å². The first-order valence-corrected chi connectivity index (χ1v) is 4.15. The molecule has 0 aromatic carbocycles. The van der Waals surface area contributed by atoms with Gasteiger partial charge in [-0.2, -0.15) is 0 Å². The van der Waals surface area contributed by atoms with E-state index in [0.717, 1.165) is 0 Å². The molecule has 8 heavy (non-hydrogen) atoms. The van der Waals surface area contributed by atoms with Crippen LogP contribution in [0.15, 0.2) is 0 Å². The zero-order valence-electron chi connectivity index (χ0n) is 4.20. The fraction of sp³-hybridized carbons (Fsp3) is 0.667. The molecular formula is C3H8NO3P. The summed E-state index contributed by atoms with van der Waals surface area (Å²) in [5, 5.41) is 7.87. The number of rotatable bonds is 2. The molecule has 5 heteroatoms. The molecule has 0 aromatic heterocycles. The Hall–Kier alpha value is -0.200. The van der Waals surface area contributed by atoms with Crippen molar-refractivity contribution in [3.63, 3.8) is 0 Å². The van der Waals surface area contributed by atoms with Gasteiger partial charge in [0.2, 0.25) is 0 Å². The molecule has 0 atom stereocenters. The third-order valence-corrected chi connectivity index (χ3v) is 1.49. The second kappa shape index (κ2) is 2.95. The molecule has 0 saturated carbocycles.